The molecule has 5 atom stereocenters. The van der Waals surface area contributed by atoms with Gasteiger partial charge in [-0.05, 0) is 70.5 Å². The standard InChI is InChI=1S/C17H31N3O2S/c1-17(2,3)19-16(21)14-9-15-12(6-7-23-15)8-11(14)4-5-13(10-18)20-22/h11-15H,4-10,18H2,1-3H3,(H,19,21)/t11?,12?,13?,14-,15?/m1/s1. The Kier molecular flexibility index (Phi) is 6.48. The fraction of sp³-hybridized carbons (Fsp3) is 0.941. The molecule has 1 saturated heterocycles. The zero-order chi connectivity index (χ0) is 17.0. The second-order valence-electron chi connectivity index (χ2n) is 8.11. The maximum atomic E-state index is 12.8. The van der Waals surface area contributed by atoms with Gasteiger partial charge in [0.05, 0.1) is 0 Å². The summed E-state index contributed by atoms with van der Waals surface area (Å²) < 4.78 is 0. The van der Waals surface area contributed by atoms with Gasteiger partial charge in [0.15, 0.2) is 0 Å². The second-order valence-corrected chi connectivity index (χ2v) is 9.45. The first-order chi connectivity index (χ1) is 10.8. The molecule has 5 nitrogen and oxygen atoms in total. The molecule has 4 unspecified atom stereocenters. The van der Waals surface area contributed by atoms with Crippen molar-refractivity contribution in [2.75, 3.05) is 12.3 Å². The van der Waals surface area contributed by atoms with E-state index < -0.39 is 0 Å². The van der Waals surface area contributed by atoms with E-state index in [9.17, 15) is 9.70 Å². The fourth-order valence-corrected chi connectivity index (χ4v) is 5.55. The first-order valence-corrected chi connectivity index (χ1v) is 9.85. The minimum atomic E-state index is -0.308. The van der Waals surface area contributed by atoms with Crippen LogP contribution in [0.4, 0.5) is 0 Å². The van der Waals surface area contributed by atoms with Crippen molar-refractivity contribution in [2.45, 2.75) is 69.7 Å². The van der Waals surface area contributed by atoms with Gasteiger partial charge in [-0.3, -0.25) is 4.79 Å². The van der Waals surface area contributed by atoms with Crippen LogP contribution in [0, 0.1) is 22.7 Å². The first-order valence-electron chi connectivity index (χ1n) is 8.80. The SMILES string of the molecule is CC(C)(C)NC(=O)[C@@H]1CC2SCCC2CC1CCC(CN)N=O. The van der Waals surface area contributed by atoms with Crippen molar-refractivity contribution >= 4 is 17.7 Å². The summed E-state index contributed by atoms with van der Waals surface area (Å²) in [6.45, 7) is 6.38. The number of hydrogen-bond donors (Lipinski definition) is 2. The van der Waals surface area contributed by atoms with Crippen molar-refractivity contribution in [3.8, 4) is 0 Å². The Bertz CT molecular complexity index is 425. The molecule has 1 saturated carbocycles. The van der Waals surface area contributed by atoms with Crippen molar-refractivity contribution in [3.63, 3.8) is 0 Å². The summed E-state index contributed by atoms with van der Waals surface area (Å²) in [5.41, 5.74) is 5.38. The number of hydrogen-bond acceptors (Lipinski definition) is 5. The maximum Gasteiger partial charge on any atom is 0.223 e. The normalized spacial score (nSPS) is 32.2. The Balaban J connectivity index is 2.03. The molecule has 0 spiro atoms. The molecule has 0 aromatic carbocycles. The number of nitroso groups, excluding NO2 is 1. The van der Waals surface area contributed by atoms with Gasteiger partial charge in [-0.1, -0.05) is 5.18 Å². The zero-order valence-electron chi connectivity index (χ0n) is 14.6. The molecular formula is C17H31N3O2S. The van der Waals surface area contributed by atoms with Crippen LogP contribution in [-0.4, -0.2) is 35.0 Å². The molecule has 1 amide bonds. The predicted molar refractivity (Wildman–Crippen MR) is 96.3 cm³/mol. The molecule has 132 valence electrons. The number of carbonyl (C=O) groups excluding carboxylic acids is 1. The summed E-state index contributed by atoms with van der Waals surface area (Å²) in [5, 5.41) is 6.90. The van der Waals surface area contributed by atoms with Crippen molar-refractivity contribution in [1.82, 2.24) is 5.32 Å². The van der Waals surface area contributed by atoms with E-state index in [4.69, 9.17) is 5.73 Å². The predicted octanol–water partition coefficient (Wildman–Crippen LogP) is 2.92. The van der Waals surface area contributed by atoms with E-state index >= 15 is 0 Å². The smallest absolute Gasteiger partial charge is 0.223 e. The summed E-state index contributed by atoms with van der Waals surface area (Å²) in [7, 11) is 0. The third-order valence-electron chi connectivity index (χ3n) is 5.13. The summed E-state index contributed by atoms with van der Waals surface area (Å²) in [6, 6.07) is -0.308. The summed E-state index contributed by atoms with van der Waals surface area (Å²) in [4.78, 5) is 23.5. The van der Waals surface area contributed by atoms with Crippen molar-refractivity contribution in [3.05, 3.63) is 4.91 Å². The number of nitrogens with zero attached hydrogens (tertiary/aromatic N) is 1. The molecule has 0 aromatic heterocycles. The molecule has 23 heavy (non-hydrogen) atoms. The Hall–Kier alpha value is -0.620. The summed E-state index contributed by atoms with van der Waals surface area (Å²) >= 11 is 2.03. The highest BCUT2D eigenvalue weighted by Crippen LogP contribution is 2.47. The van der Waals surface area contributed by atoms with Crippen LogP contribution in [0.3, 0.4) is 0 Å². The third kappa shape index (κ3) is 5.18. The number of amides is 1. The molecule has 3 N–H and O–H groups in total. The molecule has 2 fully saturated rings. The van der Waals surface area contributed by atoms with Crippen molar-refractivity contribution in [2.24, 2.45) is 28.7 Å². The van der Waals surface area contributed by atoms with Crippen molar-refractivity contribution in [1.29, 1.82) is 0 Å². The van der Waals surface area contributed by atoms with E-state index in [1.807, 2.05) is 32.5 Å². The zero-order valence-corrected chi connectivity index (χ0v) is 15.4. The van der Waals surface area contributed by atoms with Crippen LogP contribution in [0.2, 0.25) is 0 Å². The van der Waals surface area contributed by atoms with Gasteiger partial charge in [0, 0.05) is 23.3 Å². The Morgan fingerprint density at radius 3 is 2.74 bits per heavy atom. The second kappa shape index (κ2) is 7.97. The number of rotatable bonds is 6. The third-order valence-corrected chi connectivity index (χ3v) is 6.61. The minimum Gasteiger partial charge on any atom is -0.351 e. The van der Waals surface area contributed by atoms with E-state index in [0.717, 1.165) is 25.2 Å². The van der Waals surface area contributed by atoms with E-state index in [0.29, 0.717) is 24.1 Å². The number of nitrogens with one attached hydrogen (secondary N) is 1. The van der Waals surface area contributed by atoms with Gasteiger partial charge in [-0.15, -0.1) is 0 Å². The lowest BCUT2D eigenvalue weighted by molar-refractivity contribution is -0.129. The number of fused-ring (bicyclic) bond motifs is 1. The number of carbonyl (C=O) groups is 1. The molecule has 1 aliphatic carbocycles. The van der Waals surface area contributed by atoms with Gasteiger partial charge in [0.25, 0.3) is 0 Å². The lowest BCUT2D eigenvalue weighted by atomic mass is 9.70. The highest BCUT2D eigenvalue weighted by atomic mass is 32.2. The lowest BCUT2D eigenvalue weighted by Crippen LogP contribution is -2.48. The molecular weight excluding hydrogens is 310 g/mol. The largest absolute Gasteiger partial charge is 0.351 e. The molecule has 1 aliphatic heterocycles. The molecule has 2 rings (SSSR count). The van der Waals surface area contributed by atoms with Gasteiger partial charge in [0.2, 0.25) is 5.91 Å². The highest BCUT2D eigenvalue weighted by molar-refractivity contribution is 8.00. The van der Waals surface area contributed by atoms with E-state index in [1.54, 1.807) is 0 Å². The molecule has 6 heteroatoms. The first kappa shape index (κ1) is 18.7. The van der Waals surface area contributed by atoms with Crippen LogP contribution in [0.25, 0.3) is 0 Å². The Labute approximate surface area is 143 Å². The average molecular weight is 342 g/mol. The van der Waals surface area contributed by atoms with Crippen LogP contribution in [0.1, 0.15) is 52.9 Å². The number of thioether (sulfide) groups is 1. The van der Waals surface area contributed by atoms with Crippen molar-refractivity contribution < 1.29 is 4.79 Å². The molecule has 0 bridgehead atoms. The van der Waals surface area contributed by atoms with E-state index in [2.05, 4.69) is 10.5 Å². The fourth-order valence-electron chi connectivity index (χ4n) is 3.94. The van der Waals surface area contributed by atoms with Gasteiger partial charge in [0.1, 0.15) is 6.04 Å². The minimum absolute atomic E-state index is 0.0613. The van der Waals surface area contributed by atoms with Gasteiger partial charge in [-0.25, -0.2) is 0 Å². The van der Waals surface area contributed by atoms with E-state index in [-0.39, 0.29) is 23.4 Å². The summed E-state index contributed by atoms with van der Waals surface area (Å²) in [6.07, 6.45) is 4.93. The summed E-state index contributed by atoms with van der Waals surface area (Å²) in [5.74, 6) is 2.55. The van der Waals surface area contributed by atoms with Crippen LogP contribution in [0.15, 0.2) is 5.18 Å². The average Bonchev–Trinajstić information content (AvgIpc) is 2.92. The Morgan fingerprint density at radius 2 is 2.13 bits per heavy atom. The highest BCUT2D eigenvalue weighted by Gasteiger charge is 2.43. The topological polar surface area (TPSA) is 84.6 Å². The Morgan fingerprint density at radius 1 is 1.39 bits per heavy atom. The van der Waals surface area contributed by atoms with Gasteiger partial charge < -0.3 is 11.1 Å². The molecule has 0 radical (unpaired) electrons. The number of nitrogens with two attached hydrogens (primary N) is 1. The van der Waals surface area contributed by atoms with Crippen LogP contribution >= 0.6 is 11.8 Å². The van der Waals surface area contributed by atoms with Gasteiger partial charge >= 0.3 is 0 Å². The lowest BCUT2D eigenvalue weighted by Gasteiger charge is -2.39. The monoisotopic (exact) mass is 341 g/mol. The molecule has 2 aliphatic rings. The van der Waals surface area contributed by atoms with Crippen LogP contribution in [-0.2, 0) is 4.79 Å². The molecule has 1 heterocycles. The quantitative estimate of drug-likeness (QED) is 0.728. The maximum absolute atomic E-state index is 12.8. The van der Waals surface area contributed by atoms with Crippen LogP contribution in [0.5, 0.6) is 0 Å². The molecule has 0 aromatic rings. The van der Waals surface area contributed by atoms with Crippen LogP contribution < -0.4 is 11.1 Å². The van der Waals surface area contributed by atoms with E-state index in [1.165, 1.54) is 12.2 Å². The van der Waals surface area contributed by atoms with Gasteiger partial charge in [-0.2, -0.15) is 16.7 Å².